The van der Waals surface area contributed by atoms with E-state index in [1.54, 1.807) is 0 Å². The summed E-state index contributed by atoms with van der Waals surface area (Å²) in [6.45, 7) is 12.0. The van der Waals surface area contributed by atoms with Crippen LogP contribution in [0, 0.1) is 0 Å². The maximum atomic E-state index is 6.14. The summed E-state index contributed by atoms with van der Waals surface area (Å²) in [5, 5.41) is 11.8. The van der Waals surface area contributed by atoms with Crippen molar-refractivity contribution in [2.45, 2.75) is 79.1 Å². The van der Waals surface area contributed by atoms with Crippen LogP contribution in [0.2, 0.25) is 0 Å². The first kappa shape index (κ1) is 27.9. The van der Waals surface area contributed by atoms with Gasteiger partial charge < -0.3 is 20.4 Å². The Morgan fingerprint density at radius 2 is 1.81 bits per heavy atom. The smallest absolute Gasteiger partial charge is 0.260 e. The summed E-state index contributed by atoms with van der Waals surface area (Å²) in [5.74, 6) is 1.82. The van der Waals surface area contributed by atoms with E-state index in [4.69, 9.17) is 15.5 Å². The molecule has 2 aromatic heterocycles. The molecule has 0 spiro atoms. The summed E-state index contributed by atoms with van der Waals surface area (Å²) >= 11 is 0. The first-order chi connectivity index (χ1) is 14.4. The molecule has 0 saturated carbocycles. The Bertz CT molecular complexity index is 990. The molecule has 178 valence electrons. The van der Waals surface area contributed by atoms with Crippen LogP contribution in [0.25, 0.3) is 11.0 Å². The Hall–Kier alpha value is -2.09. The molecule has 0 fully saturated rings. The van der Waals surface area contributed by atoms with Gasteiger partial charge in [0.1, 0.15) is 16.9 Å². The minimum absolute atomic E-state index is 0. The maximum absolute atomic E-state index is 6.14. The zero-order valence-corrected chi connectivity index (χ0v) is 21.2. The van der Waals surface area contributed by atoms with Gasteiger partial charge in [-0.15, -0.1) is 35.0 Å². The zero-order valence-electron chi connectivity index (χ0n) is 19.6. The highest BCUT2D eigenvalue weighted by atomic mass is 35.5. The lowest BCUT2D eigenvalue weighted by Gasteiger charge is -2.14. The molecular weight excluding hydrogens is 447 g/mol. The molecule has 0 aliphatic heterocycles. The molecule has 3 N–H and O–H groups in total. The Balaban J connectivity index is 0.00000256. The number of halogens is 2. The third-order valence-corrected chi connectivity index (χ3v) is 4.89. The van der Waals surface area contributed by atoms with Crippen LogP contribution < -0.4 is 15.8 Å². The molecule has 0 aliphatic carbocycles. The number of unbranched alkanes of at least 4 members (excludes halogenated alkanes) is 1. The maximum Gasteiger partial charge on any atom is 0.260 e. The van der Waals surface area contributed by atoms with Crippen molar-refractivity contribution in [3.63, 3.8) is 0 Å². The van der Waals surface area contributed by atoms with Crippen molar-refractivity contribution in [1.29, 1.82) is 0 Å². The van der Waals surface area contributed by atoms with Crippen LogP contribution >= 0.6 is 24.8 Å². The van der Waals surface area contributed by atoms with E-state index < -0.39 is 0 Å². The predicted octanol–water partition coefficient (Wildman–Crippen LogP) is 4.93. The van der Waals surface area contributed by atoms with Crippen LogP contribution in [0.15, 0.2) is 24.3 Å². The van der Waals surface area contributed by atoms with Gasteiger partial charge in [-0.25, -0.2) is 4.98 Å². The lowest BCUT2D eigenvalue weighted by atomic mass is 10.1. The van der Waals surface area contributed by atoms with Gasteiger partial charge in [0.15, 0.2) is 5.82 Å². The van der Waals surface area contributed by atoms with Crippen LogP contribution in [-0.2, 0) is 19.5 Å². The molecule has 1 aromatic carbocycles. The van der Waals surface area contributed by atoms with Crippen molar-refractivity contribution in [3.8, 4) is 5.88 Å². The molecule has 0 bridgehead atoms. The molecule has 0 amide bonds. The van der Waals surface area contributed by atoms with E-state index in [1.165, 1.54) is 11.1 Å². The van der Waals surface area contributed by atoms with Crippen molar-refractivity contribution in [1.82, 2.24) is 25.1 Å². The van der Waals surface area contributed by atoms with Gasteiger partial charge in [0.2, 0.25) is 0 Å². The van der Waals surface area contributed by atoms with Gasteiger partial charge in [0.25, 0.3) is 5.88 Å². The fourth-order valence-corrected chi connectivity index (χ4v) is 3.43. The van der Waals surface area contributed by atoms with Crippen LogP contribution in [-0.4, -0.2) is 31.9 Å². The summed E-state index contributed by atoms with van der Waals surface area (Å²) < 4.78 is 8.16. The third kappa shape index (κ3) is 6.95. The van der Waals surface area contributed by atoms with Crippen molar-refractivity contribution in [2.75, 3.05) is 5.73 Å². The minimum atomic E-state index is -0.0148. The van der Waals surface area contributed by atoms with Gasteiger partial charge >= 0.3 is 0 Å². The highest BCUT2D eigenvalue weighted by Gasteiger charge is 2.20. The lowest BCUT2D eigenvalue weighted by Crippen LogP contribution is -2.21. The molecule has 7 nitrogen and oxygen atoms in total. The minimum Gasteiger partial charge on any atom is -0.472 e. The van der Waals surface area contributed by atoms with Gasteiger partial charge in [0.05, 0.1) is 6.10 Å². The van der Waals surface area contributed by atoms with E-state index in [9.17, 15) is 0 Å². The Morgan fingerprint density at radius 3 is 2.47 bits per heavy atom. The lowest BCUT2D eigenvalue weighted by molar-refractivity contribution is 0.232. The number of anilines is 1. The molecule has 3 aromatic rings. The Kier molecular flexibility index (Phi) is 11.2. The zero-order chi connectivity index (χ0) is 21.7. The van der Waals surface area contributed by atoms with Crippen molar-refractivity contribution in [3.05, 3.63) is 41.2 Å². The van der Waals surface area contributed by atoms with E-state index in [1.807, 2.05) is 13.8 Å². The van der Waals surface area contributed by atoms with Crippen molar-refractivity contribution >= 4 is 41.7 Å². The summed E-state index contributed by atoms with van der Waals surface area (Å²) in [7, 11) is 0. The number of nitrogens with two attached hydrogens (primary N) is 1. The molecule has 32 heavy (non-hydrogen) atoms. The fourth-order valence-electron chi connectivity index (χ4n) is 3.43. The normalized spacial score (nSPS) is 11.0. The number of nitrogens with zero attached hydrogens (tertiary/aromatic N) is 4. The number of imidazole rings is 1. The average molecular weight is 483 g/mol. The molecular formula is C23H36Cl2N6O. The van der Waals surface area contributed by atoms with E-state index in [2.05, 4.69) is 65.1 Å². The number of benzene rings is 1. The number of hydrogen-bond donors (Lipinski definition) is 2. The highest BCUT2D eigenvalue weighted by Crippen LogP contribution is 2.29. The molecule has 0 saturated heterocycles. The number of fused-ring (bicyclic) bond motifs is 1. The summed E-state index contributed by atoms with van der Waals surface area (Å²) in [5.41, 5.74) is 10.1. The average Bonchev–Trinajstić information content (AvgIpc) is 3.06. The second kappa shape index (κ2) is 12.8. The number of rotatable bonds is 10. The van der Waals surface area contributed by atoms with E-state index in [0.29, 0.717) is 29.8 Å². The summed E-state index contributed by atoms with van der Waals surface area (Å²) in [6, 6.07) is 9.10. The molecule has 0 radical (unpaired) electrons. The number of aryl methyl sites for hydroxylation is 1. The molecule has 0 unspecified atom stereocenters. The van der Waals surface area contributed by atoms with Crippen LogP contribution in [0.3, 0.4) is 0 Å². The van der Waals surface area contributed by atoms with E-state index in [0.717, 1.165) is 37.1 Å². The second-order valence-corrected chi connectivity index (χ2v) is 8.33. The van der Waals surface area contributed by atoms with Gasteiger partial charge in [-0.3, -0.25) is 0 Å². The monoisotopic (exact) mass is 482 g/mol. The quantitative estimate of drug-likeness (QED) is 0.425. The van der Waals surface area contributed by atoms with Gasteiger partial charge in [-0.05, 0) is 31.4 Å². The van der Waals surface area contributed by atoms with Crippen LogP contribution in [0.5, 0.6) is 5.88 Å². The first-order valence-electron chi connectivity index (χ1n) is 10.9. The standard InChI is InChI=1S/C23H34N6O.2ClH/c1-6-7-11-19-26-20-21(23(30-16(4)5)28-27-22(20)24)29(19)14-18-10-8-9-17(12-18)13-25-15(2)3;;/h8-10,12,15-16,25H,6-7,11,13-14H2,1-5H3,(H2,24,27);2*1H. The first-order valence-corrected chi connectivity index (χ1v) is 10.9. The van der Waals surface area contributed by atoms with Crippen molar-refractivity contribution in [2.24, 2.45) is 0 Å². The fraction of sp³-hybridized carbons (Fsp3) is 0.522. The number of hydrogen-bond acceptors (Lipinski definition) is 6. The van der Waals surface area contributed by atoms with Gasteiger partial charge in [0, 0.05) is 25.6 Å². The summed E-state index contributed by atoms with van der Waals surface area (Å²) in [4.78, 5) is 4.84. The topological polar surface area (TPSA) is 90.9 Å². The number of nitrogen functional groups attached to an aromatic ring is 1. The van der Waals surface area contributed by atoms with E-state index in [-0.39, 0.29) is 30.9 Å². The molecule has 3 rings (SSSR count). The number of nitrogens with one attached hydrogen (secondary N) is 1. The molecule has 0 atom stereocenters. The third-order valence-electron chi connectivity index (χ3n) is 4.89. The predicted molar refractivity (Wildman–Crippen MR) is 136 cm³/mol. The second-order valence-electron chi connectivity index (χ2n) is 8.33. The van der Waals surface area contributed by atoms with Crippen molar-refractivity contribution < 1.29 is 4.74 Å². The Morgan fingerprint density at radius 1 is 1.09 bits per heavy atom. The largest absolute Gasteiger partial charge is 0.472 e. The number of ether oxygens (including phenoxy) is 1. The van der Waals surface area contributed by atoms with E-state index >= 15 is 0 Å². The molecule has 9 heteroatoms. The molecule has 0 aliphatic rings. The van der Waals surface area contributed by atoms with Gasteiger partial charge in [-0.2, -0.15) is 0 Å². The van der Waals surface area contributed by atoms with Gasteiger partial charge in [-0.1, -0.05) is 51.5 Å². The number of aromatic nitrogens is 4. The SMILES string of the molecule is CCCCc1nc2c(N)nnc(OC(C)C)c2n1Cc1cccc(CNC(C)C)c1.Cl.Cl. The molecule has 2 heterocycles. The van der Waals surface area contributed by atoms with Crippen LogP contribution in [0.1, 0.15) is 64.4 Å². The van der Waals surface area contributed by atoms with Crippen LogP contribution in [0.4, 0.5) is 5.82 Å². The Labute approximate surface area is 203 Å². The summed E-state index contributed by atoms with van der Waals surface area (Å²) in [6.07, 6.45) is 3.02. The highest BCUT2D eigenvalue weighted by molar-refractivity contribution is 5.88.